The number of methoxy groups -OCH3 is 1. The Labute approximate surface area is 156 Å². The molecule has 9 heteroatoms. The van der Waals surface area contributed by atoms with E-state index >= 15 is 0 Å². The molecule has 0 fully saturated rings. The van der Waals surface area contributed by atoms with Gasteiger partial charge in [-0.1, -0.05) is 11.6 Å². The molecule has 3 aromatic rings. The number of anilines is 2. The van der Waals surface area contributed by atoms with Crippen molar-refractivity contribution in [2.24, 2.45) is 5.73 Å². The van der Waals surface area contributed by atoms with Crippen molar-refractivity contribution < 1.29 is 4.74 Å². The minimum atomic E-state index is 0.306. The standard InChI is InChI=1S/C17H22ClN7O/c1-10-13(9-19)15(12-5-4-11(18)8-14(12)20)25-16(21-10)22-17(23-25)24(2)6-7-26-3/h4-5,8H,6-7,9,19-20H2,1-3H3. The van der Waals surface area contributed by atoms with Gasteiger partial charge in [0, 0.05) is 54.8 Å². The predicted octanol–water partition coefficient (Wildman–Crippen LogP) is 1.88. The van der Waals surface area contributed by atoms with Crippen LogP contribution in [-0.2, 0) is 11.3 Å². The van der Waals surface area contributed by atoms with E-state index < -0.39 is 0 Å². The van der Waals surface area contributed by atoms with E-state index in [1.54, 1.807) is 23.8 Å². The van der Waals surface area contributed by atoms with E-state index in [4.69, 9.17) is 27.8 Å². The number of benzene rings is 1. The molecule has 3 rings (SSSR count). The summed E-state index contributed by atoms with van der Waals surface area (Å²) in [4.78, 5) is 11.0. The van der Waals surface area contributed by atoms with Crippen molar-refractivity contribution in [3.05, 3.63) is 34.5 Å². The second-order valence-electron chi connectivity index (χ2n) is 6.00. The number of ether oxygens (including phenoxy) is 1. The molecule has 0 unspecified atom stereocenters. The third-order valence-corrected chi connectivity index (χ3v) is 4.46. The van der Waals surface area contributed by atoms with Crippen molar-refractivity contribution in [3.63, 3.8) is 0 Å². The lowest BCUT2D eigenvalue weighted by Crippen LogP contribution is -2.23. The molecule has 2 aromatic heterocycles. The number of likely N-dealkylation sites (N-methyl/N-ethyl adjacent to an activating group) is 1. The number of nitrogens with two attached hydrogens (primary N) is 2. The highest BCUT2D eigenvalue weighted by atomic mass is 35.5. The zero-order valence-electron chi connectivity index (χ0n) is 15.0. The Balaban J connectivity index is 2.23. The summed E-state index contributed by atoms with van der Waals surface area (Å²) in [5.74, 6) is 1.04. The van der Waals surface area contributed by atoms with Gasteiger partial charge in [-0.25, -0.2) is 4.98 Å². The minimum absolute atomic E-state index is 0.306. The molecular formula is C17H22ClN7O. The Bertz CT molecular complexity index is 940. The lowest BCUT2D eigenvalue weighted by Gasteiger charge is -2.14. The van der Waals surface area contributed by atoms with Gasteiger partial charge in [0.2, 0.25) is 5.95 Å². The fourth-order valence-corrected chi connectivity index (χ4v) is 2.97. The van der Waals surface area contributed by atoms with Crippen molar-refractivity contribution in [1.82, 2.24) is 19.6 Å². The normalized spacial score (nSPS) is 11.3. The first-order valence-corrected chi connectivity index (χ1v) is 8.55. The van der Waals surface area contributed by atoms with Crippen molar-refractivity contribution in [3.8, 4) is 11.3 Å². The SMILES string of the molecule is COCCN(C)c1nc2nc(C)c(CN)c(-c3ccc(Cl)cc3N)n2n1. The fraction of sp³-hybridized carbons (Fsp3) is 0.353. The average Bonchev–Trinajstić information content (AvgIpc) is 3.02. The number of hydrogen-bond donors (Lipinski definition) is 2. The number of hydrogen-bond acceptors (Lipinski definition) is 7. The topological polar surface area (TPSA) is 108 Å². The van der Waals surface area contributed by atoms with Crippen LogP contribution in [0.3, 0.4) is 0 Å². The number of fused-ring (bicyclic) bond motifs is 1. The van der Waals surface area contributed by atoms with Gasteiger partial charge in [0.15, 0.2) is 0 Å². The van der Waals surface area contributed by atoms with Gasteiger partial charge in [-0.05, 0) is 25.1 Å². The highest BCUT2D eigenvalue weighted by Crippen LogP contribution is 2.32. The van der Waals surface area contributed by atoms with Crippen LogP contribution in [0.1, 0.15) is 11.3 Å². The van der Waals surface area contributed by atoms with Crippen LogP contribution >= 0.6 is 11.6 Å². The van der Waals surface area contributed by atoms with Gasteiger partial charge in [-0.2, -0.15) is 9.50 Å². The largest absolute Gasteiger partial charge is 0.398 e. The molecule has 0 bridgehead atoms. The quantitative estimate of drug-likeness (QED) is 0.633. The van der Waals surface area contributed by atoms with Crippen LogP contribution in [-0.4, -0.2) is 46.9 Å². The molecular weight excluding hydrogens is 354 g/mol. The highest BCUT2D eigenvalue weighted by Gasteiger charge is 2.20. The number of halogens is 1. The summed E-state index contributed by atoms with van der Waals surface area (Å²) >= 11 is 6.05. The lowest BCUT2D eigenvalue weighted by molar-refractivity contribution is 0.206. The Morgan fingerprint density at radius 1 is 1.31 bits per heavy atom. The van der Waals surface area contributed by atoms with Gasteiger partial charge in [-0.15, -0.1) is 5.10 Å². The van der Waals surface area contributed by atoms with Crippen LogP contribution < -0.4 is 16.4 Å². The number of rotatable bonds is 6. The first kappa shape index (κ1) is 18.4. The van der Waals surface area contributed by atoms with Crippen LogP contribution in [0, 0.1) is 6.92 Å². The van der Waals surface area contributed by atoms with Crippen LogP contribution in [0.25, 0.3) is 17.0 Å². The van der Waals surface area contributed by atoms with Gasteiger partial charge in [0.1, 0.15) is 0 Å². The minimum Gasteiger partial charge on any atom is -0.398 e. The van der Waals surface area contributed by atoms with E-state index in [0.717, 1.165) is 22.5 Å². The van der Waals surface area contributed by atoms with E-state index in [-0.39, 0.29) is 0 Å². The number of aryl methyl sites for hydroxylation is 1. The van der Waals surface area contributed by atoms with Crippen LogP contribution in [0.2, 0.25) is 5.02 Å². The fourth-order valence-electron chi connectivity index (χ4n) is 2.79. The van der Waals surface area contributed by atoms with Crippen molar-refractivity contribution in [1.29, 1.82) is 0 Å². The summed E-state index contributed by atoms with van der Waals surface area (Å²) in [7, 11) is 3.56. The van der Waals surface area contributed by atoms with Crippen LogP contribution in [0.4, 0.5) is 11.6 Å². The number of aromatic nitrogens is 4. The third kappa shape index (κ3) is 3.31. The molecule has 0 amide bonds. The van der Waals surface area contributed by atoms with E-state index in [0.29, 0.717) is 42.1 Å². The van der Waals surface area contributed by atoms with Gasteiger partial charge in [-0.3, -0.25) is 0 Å². The first-order chi connectivity index (χ1) is 12.5. The summed E-state index contributed by atoms with van der Waals surface area (Å²) in [5, 5.41) is 5.19. The van der Waals surface area contributed by atoms with Gasteiger partial charge < -0.3 is 21.1 Å². The Hall–Kier alpha value is -2.42. The Morgan fingerprint density at radius 3 is 2.73 bits per heavy atom. The molecule has 0 radical (unpaired) electrons. The third-order valence-electron chi connectivity index (χ3n) is 4.23. The molecule has 138 valence electrons. The molecule has 0 spiro atoms. The van der Waals surface area contributed by atoms with E-state index in [2.05, 4.69) is 15.1 Å². The van der Waals surface area contributed by atoms with Gasteiger partial charge in [0.05, 0.1) is 12.3 Å². The summed E-state index contributed by atoms with van der Waals surface area (Å²) in [5.41, 5.74) is 16.0. The van der Waals surface area contributed by atoms with Gasteiger partial charge >= 0.3 is 0 Å². The maximum atomic E-state index is 6.22. The molecule has 0 saturated carbocycles. The van der Waals surface area contributed by atoms with E-state index in [1.807, 2.05) is 24.9 Å². The van der Waals surface area contributed by atoms with Crippen molar-refractivity contribution in [2.45, 2.75) is 13.5 Å². The second-order valence-corrected chi connectivity index (χ2v) is 6.43. The molecule has 2 heterocycles. The molecule has 26 heavy (non-hydrogen) atoms. The maximum absolute atomic E-state index is 6.22. The predicted molar refractivity (Wildman–Crippen MR) is 103 cm³/mol. The summed E-state index contributed by atoms with van der Waals surface area (Å²) in [6.45, 7) is 3.44. The smallest absolute Gasteiger partial charge is 0.254 e. The highest BCUT2D eigenvalue weighted by molar-refractivity contribution is 6.31. The van der Waals surface area contributed by atoms with Crippen molar-refractivity contribution in [2.75, 3.05) is 37.9 Å². The van der Waals surface area contributed by atoms with Crippen LogP contribution in [0.15, 0.2) is 18.2 Å². The molecule has 0 aliphatic heterocycles. The number of nitrogen functional groups attached to an aromatic ring is 1. The van der Waals surface area contributed by atoms with Crippen molar-refractivity contribution >= 4 is 29.0 Å². The maximum Gasteiger partial charge on any atom is 0.254 e. The van der Waals surface area contributed by atoms with E-state index in [1.165, 1.54) is 0 Å². The molecule has 0 atom stereocenters. The van der Waals surface area contributed by atoms with Gasteiger partial charge in [0.25, 0.3) is 5.78 Å². The lowest BCUT2D eigenvalue weighted by atomic mass is 10.0. The molecule has 0 aliphatic carbocycles. The summed E-state index contributed by atoms with van der Waals surface area (Å²) in [6, 6.07) is 5.36. The van der Waals surface area contributed by atoms with Crippen LogP contribution in [0.5, 0.6) is 0 Å². The Morgan fingerprint density at radius 2 is 2.08 bits per heavy atom. The molecule has 0 saturated heterocycles. The molecule has 1 aromatic carbocycles. The average molecular weight is 376 g/mol. The first-order valence-electron chi connectivity index (χ1n) is 8.18. The number of nitrogens with zero attached hydrogens (tertiary/aromatic N) is 5. The Kier molecular flexibility index (Phi) is 5.26. The van der Waals surface area contributed by atoms with E-state index in [9.17, 15) is 0 Å². The monoisotopic (exact) mass is 375 g/mol. The zero-order chi connectivity index (χ0) is 18.8. The molecule has 4 N–H and O–H groups in total. The summed E-state index contributed by atoms with van der Waals surface area (Å²) in [6.07, 6.45) is 0. The summed E-state index contributed by atoms with van der Waals surface area (Å²) < 4.78 is 6.81. The zero-order valence-corrected chi connectivity index (χ0v) is 15.8. The molecule has 8 nitrogen and oxygen atoms in total. The molecule has 0 aliphatic rings. The second kappa shape index (κ2) is 7.45.